The van der Waals surface area contributed by atoms with E-state index in [1.165, 1.54) is 7.11 Å². The molecule has 0 saturated heterocycles. The molecule has 0 fully saturated rings. The predicted octanol–water partition coefficient (Wildman–Crippen LogP) is 3.67. The molecule has 2 N–H and O–H groups in total. The minimum atomic E-state index is -0.792. The molecule has 0 aliphatic heterocycles. The number of rotatable bonds is 8. The van der Waals surface area contributed by atoms with E-state index in [-0.39, 0.29) is 24.4 Å². The van der Waals surface area contributed by atoms with Gasteiger partial charge in [-0.25, -0.2) is 4.79 Å². The first-order valence-electron chi connectivity index (χ1n) is 9.87. The Morgan fingerprint density at radius 1 is 1.00 bits per heavy atom. The number of benzene rings is 2. The number of para-hydroxylation sites is 1. The van der Waals surface area contributed by atoms with Crippen molar-refractivity contribution in [2.24, 2.45) is 0 Å². The summed E-state index contributed by atoms with van der Waals surface area (Å²) in [5, 5.41) is 2.63. The molecule has 0 spiro atoms. The lowest BCUT2D eigenvalue weighted by molar-refractivity contribution is -0.117. The maximum Gasteiger partial charge on any atom is 0.340 e. The third-order valence-corrected chi connectivity index (χ3v) is 4.79. The Kier molecular flexibility index (Phi) is 6.87. The Balaban J connectivity index is 1.94. The number of hydrogen-bond acceptors (Lipinski definition) is 5. The van der Waals surface area contributed by atoms with Gasteiger partial charge >= 0.3 is 5.97 Å². The zero-order chi connectivity index (χ0) is 22.4. The standard InChI is InChI=1S/C24H24N2O5/c1-4-31-24(29)19-15(2)26-21(20(19)16-10-6-5-7-11-16)22(27)23(28)25-14-17-12-8-9-13-18(17)30-3/h5-13,26H,4,14H2,1-3H3,(H,25,28). The van der Waals surface area contributed by atoms with E-state index >= 15 is 0 Å². The van der Waals surface area contributed by atoms with Gasteiger partial charge in [0.15, 0.2) is 0 Å². The summed E-state index contributed by atoms with van der Waals surface area (Å²) in [5.41, 5.74) is 2.48. The SMILES string of the molecule is CCOC(=O)c1c(C)[nH]c(C(=O)C(=O)NCc2ccccc2OC)c1-c1ccccc1. The van der Waals surface area contributed by atoms with Crippen molar-refractivity contribution in [2.75, 3.05) is 13.7 Å². The number of ketones is 1. The molecule has 7 heteroatoms. The first-order chi connectivity index (χ1) is 15.0. The Bertz CT molecular complexity index is 1100. The van der Waals surface area contributed by atoms with Gasteiger partial charge in [-0.15, -0.1) is 0 Å². The van der Waals surface area contributed by atoms with Crippen LogP contribution >= 0.6 is 0 Å². The van der Waals surface area contributed by atoms with Gasteiger partial charge in [-0.05, 0) is 25.5 Å². The second kappa shape index (κ2) is 9.75. The van der Waals surface area contributed by atoms with Gasteiger partial charge < -0.3 is 19.8 Å². The van der Waals surface area contributed by atoms with Gasteiger partial charge in [-0.3, -0.25) is 9.59 Å². The van der Waals surface area contributed by atoms with E-state index < -0.39 is 17.7 Å². The number of hydrogen-bond donors (Lipinski definition) is 2. The summed E-state index contributed by atoms with van der Waals surface area (Å²) in [6.45, 7) is 3.70. The molecule has 1 heterocycles. The number of nitrogens with one attached hydrogen (secondary N) is 2. The highest BCUT2D eigenvalue weighted by Crippen LogP contribution is 2.31. The highest BCUT2D eigenvalue weighted by Gasteiger charge is 2.29. The molecule has 0 aliphatic rings. The monoisotopic (exact) mass is 420 g/mol. The number of ether oxygens (including phenoxy) is 2. The van der Waals surface area contributed by atoms with E-state index in [1.807, 2.05) is 18.2 Å². The van der Waals surface area contributed by atoms with Crippen LogP contribution in [0.25, 0.3) is 11.1 Å². The lowest BCUT2D eigenvalue weighted by Crippen LogP contribution is -2.31. The quantitative estimate of drug-likeness (QED) is 0.329. The summed E-state index contributed by atoms with van der Waals surface area (Å²) in [6.07, 6.45) is 0. The van der Waals surface area contributed by atoms with Gasteiger partial charge in [0.1, 0.15) is 11.4 Å². The highest BCUT2D eigenvalue weighted by atomic mass is 16.5. The summed E-state index contributed by atoms with van der Waals surface area (Å²) < 4.78 is 10.4. The zero-order valence-electron chi connectivity index (χ0n) is 17.7. The van der Waals surface area contributed by atoms with Gasteiger partial charge in [-0.2, -0.15) is 0 Å². The van der Waals surface area contributed by atoms with Crippen LogP contribution in [0.2, 0.25) is 0 Å². The van der Waals surface area contributed by atoms with E-state index in [0.717, 1.165) is 5.56 Å². The second-order valence-corrected chi connectivity index (χ2v) is 6.79. The number of methoxy groups -OCH3 is 1. The number of aromatic nitrogens is 1. The molecule has 7 nitrogen and oxygen atoms in total. The van der Waals surface area contributed by atoms with E-state index in [9.17, 15) is 14.4 Å². The number of amides is 1. The fourth-order valence-corrected chi connectivity index (χ4v) is 3.37. The molecule has 160 valence electrons. The van der Waals surface area contributed by atoms with Gasteiger partial charge in [-0.1, -0.05) is 48.5 Å². The molecule has 31 heavy (non-hydrogen) atoms. The first kappa shape index (κ1) is 21.8. The summed E-state index contributed by atoms with van der Waals surface area (Å²) in [5.74, 6) is -1.50. The van der Waals surface area contributed by atoms with Crippen LogP contribution in [0.3, 0.4) is 0 Å². The highest BCUT2D eigenvalue weighted by molar-refractivity contribution is 6.43. The van der Waals surface area contributed by atoms with Crippen LogP contribution in [-0.2, 0) is 16.1 Å². The number of carbonyl (C=O) groups excluding carboxylic acids is 3. The molecule has 1 amide bonds. The second-order valence-electron chi connectivity index (χ2n) is 6.79. The molecule has 0 unspecified atom stereocenters. The molecular weight excluding hydrogens is 396 g/mol. The molecule has 0 radical (unpaired) electrons. The minimum Gasteiger partial charge on any atom is -0.496 e. The van der Waals surface area contributed by atoms with Gasteiger partial charge in [0.25, 0.3) is 11.7 Å². The Labute approximate surface area is 180 Å². The third-order valence-electron chi connectivity index (χ3n) is 4.79. The molecule has 0 bridgehead atoms. The van der Waals surface area contributed by atoms with Crippen LogP contribution in [0.1, 0.15) is 39.0 Å². The molecule has 3 rings (SSSR count). The van der Waals surface area contributed by atoms with E-state index in [4.69, 9.17) is 9.47 Å². The minimum absolute atomic E-state index is 0.0456. The maximum absolute atomic E-state index is 13.0. The van der Waals surface area contributed by atoms with Gasteiger partial charge in [0.05, 0.1) is 19.3 Å². The van der Waals surface area contributed by atoms with Crippen molar-refractivity contribution in [2.45, 2.75) is 20.4 Å². The summed E-state index contributed by atoms with van der Waals surface area (Å²) in [7, 11) is 1.54. The molecular formula is C24H24N2O5. The lowest BCUT2D eigenvalue weighted by atomic mass is 9.98. The number of aromatic amines is 1. The smallest absolute Gasteiger partial charge is 0.340 e. The predicted molar refractivity (Wildman–Crippen MR) is 116 cm³/mol. The number of Topliss-reactive ketones (excluding diaryl/α,β-unsaturated/α-hetero) is 1. The van der Waals surface area contributed by atoms with Gasteiger partial charge in [0.2, 0.25) is 0 Å². The van der Waals surface area contributed by atoms with Crippen molar-refractivity contribution >= 4 is 17.7 Å². The Morgan fingerprint density at radius 3 is 2.35 bits per heavy atom. The van der Waals surface area contributed by atoms with Crippen molar-refractivity contribution in [3.05, 3.63) is 77.1 Å². The summed E-state index contributed by atoms with van der Waals surface area (Å²) in [4.78, 5) is 41.2. The Hall–Kier alpha value is -3.87. The van der Waals surface area contributed by atoms with Crippen LogP contribution in [0.4, 0.5) is 0 Å². The molecule has 0 saturated carbocycles. The van der Waals surface area contributed by atoms with E-state index in [0.29, 0.717) is 22.6 Å². The fourth-order valence-electron chi connectivity index (χ4n) is 3.37. The van der Waals surface area contributed by atoms with Crippen molar-refractivity contribution in [1.29, 1.82) is 0 Å². The normalized spacial score (nSPS) is 10.4. The molecule has 3 aromatic rings. The number of aryl methyl sites for hydroxylation is 1. The van der Waals surface area contributed by atoms with Crippen LogP contribution in [0.5, 0.6) is 5.75 Å². The first-order valence-corrected chi connectivity index (χ1v) is 9.87. The van der Waals surface area contributed by atoms with Gasteiger partial charge in [0, 0.05) is 23.4 Å². The number of esters is 1. The topological polar surface area (TPSA) is 97.5 Å². The van der Waals surface area contributed by atoms with Crippen LogP contribution < -0.4 is 10.1 Å². The van der Waals surface area contributed by atoms with E-state index in [2.05, 4.69) is 10.3 Å². The van der Waals surface area contributed by atoms with Crippen LogP contribution in [0.15, 0.2) is 54.6 Å². The number of carbonyl (C=O) groups is 3. The van der Waals surface area contributed by atoms with E-state index in [1.54, 1.807) is 50.2 Å². The fraction of sp³-hybridized carbons (Fsp3) is 0.208. The van der Waals surface area contributed by atoms with Crippen LogP contribution in [0, 0.1) is 6.92 Å². The van der Waals surface area contributed by atoms with Crippen molar-refractivity contribution < 1.29 is 23.9 Å². The summed E-state index contributed by atoms with van der Waals surface area (Å²) in [6, 6.07) is 16.2. The molecule has 1 aromatic heterocycles. The summed E-state index contributed by atoms with van der Waals surface area (Å²) >= 11 is 0. The Morgan fingerprint density at radius 2 is 1.68 bits per heavy atom. The lowest BCUT2D eigenvalue weighted by Gasteiger charge is -2.10. The molecule has 2 aromatic carbocycles. The maximum atomic E-state index is 13.0. The third kappa shape index (κ3) is 4.66. The van der Waals surface area contributed by atoms with Crippen LogP contribution in [-0.4, -0.2) is 36.4 Å². The largest absolute Gasteiger partial charge is 0.496 e. The van der Waals surface area contributed by atoms with Crippen molar-refractivity contribution in [1.82, 2.24) is 10.3 Å². The average Bonchev–Trinajstić information content (AvgIpc) is 3.14. The molecule has 0 atom stereocenters. The number of H-pyrrole nitrogens is 1. The average molecular weight is 420 g/mol. The molecule has 0 aliphatic carbocycles. The van der Waals surface area contributed by atoms with Crippen molar-refractivity contribution in [3.8, 4) is 16.9 Å². The zero-order valence-corrected chi connectivity index (χ0v) is 17.7. The van der Waals surface area contributed by atoms with Crippen molar-refractivity contribution in [3.63, 3.8) is 0 Å².